The number of aromatic nitrogens is 2. The largest absolute Gasteiger partial charge is 0.392 e. The van der Waals surface area contributed by atoms with Crippen molar-refractivity contribution in [3.8, 4) is 0 Å². The van der Waals surface area contributed by atoms with E-state index in [-0.39, 0.29) is 18.4 Å². The topological polar surface area (TPSA) is 52.2 Å². The lowest BCUT2D eigenvalue weighted by molar-refractivity contribution is -0.175. The van der Waals surface area contributed by atoms with Crippen molar-refractivity contribution in [1.82, 2.24) is 19.8 Å². The van der Waals surface area contributed by atoms with Gasteiger partial charge in [0.05, 0.1) is 23.5 Å². The summed E-state index contributed by atoms with van der Waals surface area (Å²) < 4.78 is 38.7. The van der Waals surface area contributed by atoms with E-state index in [1.54, 1.807) is 6.33 Å². The summed E-state index contributed by atoms with van der Waals surface area (Å²) in [6.45, 7) is 3.04. The van der Waals surface area contributed by atoms with Crippen molar-refractivity contribution in [3.05, 3.63) is 17.7 Å². The van der Waals surface area contributed by atoms with E-state index >= 15 is 0 Å². The second-order valence-corrected chi connectivity index (χ2v) is 8.37. The highest BCUT2D eigenvalue weighted by Gasteiger charge is 2.50. The minimum Gasteiger partial charge on any atom is -0.348 e. The molecule has 3 heterocycles. The van der Waals surface area contributed by atoms with Gasteiger partial charge >= 0.3 is 6.18 Å². The molecule has 0 radical (unpaired) electrons. The summed E-state index contributed by atoms with van der Waals surface area (Å²) in [5.74, 6) is -1.01. The van der Waals surface area contributed by atoms with E-state index < -0.39 is 17.6 Å². The molecule has 0 unspecified atom stereocenters. The van der Waals surface area contributed by atoms with E-state index in [0.717, 1.165) is 37.1 Å². The van der Waals surface area contributed by atoms with Gasteiger partial charge in [-0.05, 0) is 25.7 Å². The lowest BCUT2D eigenvalue weighted by Crippen LogP contribution is -2.60. The molecular formula is C19H27F3N4O. The van der Waals surface area contributed by atoms with Crippen molar-refractivity contribution in [3.63, 3.8) is 0 Å². The van der Waals surface area contributed by atoms with Crippen LogP contribution in [-0.2, 0) is 16.8 Å². The van der Waals surface area contributed by atoms with Crippen LogP contribution in [0, 0.1) is 11.8 Å². The third-order valence-corrected chi connectivity index (χ3v) is 6.76. The van der Waals surface area contributed by atoms with Gasteiger partial charge in [-0.25, -0.2) is 4.98 Å². The van der Waals surface area contributed by atoms with Crippen LogP contribution in [0.3, 0.4) is 0 Å². The highest BCUT2D eigenvalue weighted by Crippen LogP contribution is 2.44. The number of imidazole rings is 1. The average Bonchev–Trinajstić information content (AvgIpc) is 3.04. The average molecular weight is 384 g/mol. The fraction of sp³-hybridized carbons (Fsp3) is 0.789. The first kappa shape index (κ1) is 18.8. The summed E-state index contributed by atoms with van der Waals surface area (Å²) in [5, 5.41) is 0. The monoisotopic (exact) mass is 384 g/mol. The number of hydrogen-bond donors (Lipinski definition) is 1. The predicted molar refractivity (Wildman–Crippen MR) is 93.9 cm³/mol. The van der Waals surface area contributed by atoms with Gasteiger partial charge < -0.3 is 14.8 Å². The van der Waals surface area contributed by atoms with Crippen LogP contribution in [0.2, 0.25) is 0 Å². The summed E-state index contributed by atoms with van der Waals surface area (Å²) in [4.78, 5) is 24.7. The number of amides is 1. The normalized spacial score (nSPS) is 24.5. The van der Waals surface area contributed by atoms with Gasteiger partial charge in [0, 0.05) is 44.2 Å². The van der Waals surface area contributed by atoms with Crippen molar-refractivity contribution in [2.75, 3.05) is 26.2 Å². The van der Waals surface area contributed by atoms with Gasteiger partial charge in [-0.15, -0.1) is 0 Å². The predicted octanol–water partition coefficient (Wildman–Crippen LogP) is 3.08. The number of rotatable bonds is 3. The maximum absolute atomic E-state index is 13.1. The number of fused-ring (bicyclic) bond motifs is 2. The van der Waals surface area contributed by atoms with Gasteiger partial charge in [-0.2, -0.15) is 13.2 Å². The number of H-pyrrole nitrogens is 1. The SMILES string of the molecule is C[C@H](CN1CCC2(CC1)c1nc[nH]c1CCN2C(=O)C1CCC1)C(F)(F)F. The summed E-state index contributed by atoms with van der Waals surface area (Å²) in [7, 11) is 0. The molecule has 2 aliphatic heterocycles. The van der Waals surface area contributed by atoms with Crippen LogP contribution in [-0.4, -0.2) is 58.0 Å². The van der Waals surface area contributed by atoms with E-state index in [2.05, 4.69) is 9.97 Å². The number of nitrogens with zero attached hydrogens (tertiary/aromatic N) is 3. The minimum absolute atomic E-state index is 0.0174. The number of halogens is 3. The van der Waals surface area contributed by atoms with Gasteiger partial charge in [0.25, 0.3) is 0 Å². The smallest absolute Gasteiger partial charge is 0.348 e. The number of alkyl halides is 3. The minimum atomic E-state index is -4.17. The highest BCUT2D eigenvalue weighted by atomic mass is 19.4. The zero-order chi connectivity index (χ0) is 19.2. The van der Waals surface area contributed by atoms with E-state index in [1.807, 2.05) is 9.80 Å². The van der Waals surface area contributed by atoms with Crippen LogP contribution in [0.25, 0.3) is 0 Å². The number of carbonyl (C=O) groups excluding carboxylic acids is 1. The zero-order valence-corrected chi connectivity index (χ0v) is 15.7. The standard InChI is InChI=1S/C19H27F3N4O/c1-13(19(20,21)22)11-25-9-6-18(7-10-25)16-15(23-12-24-16)5-8-26(18)17(27)14-3-2-4-14/h12-14H,2-11H2,1H3,(H,23,24)/t13-/m1/s1. The Labute approximate surface area is 157 Å². The molecule has 150 valence electrons. The molecule has 2 fully saturated rings. The molecule has 1 amide bonds. The molecular weight excluding hydrogens is 357 g/mol. The molecule has 3 aliphatic rings. The van der Waals surface area contributed by atoms with Gasteiger partial charge in [-0.1, -0.05) is 13.3 Å². The van der Waals surface area contributed by atoms with Crippen LogP contribution in [0.5, 0.6) is 0 Å². The lowest BCUT2D eigenvalue weighted by atomic mass is 9.76. The number of carbonyl (C=O) groups is 1. The van der Waals surface area contributed by atoms with Crippen molar-refractivity contribution >= 4 is 5.91 Å². The first-order chi connectivity index (χ1) is 12.8. The lowest BCUT2D eigenvalue weighted by Gasteiger charge is -2.52. The zero-order valence-electron chi connectivity index (χ0n) is 15.7. The Kier molecular flexibility index (Phi) is 4.72. The Morgan fingerprint density at radius 1 is 1.33 bits per heavy atom. The van der Waals surface area contributed by atoms with Crippen molar-refractivity contribution < 1.29 is 18.0 Å². The second-order valence-electron chi connectivity index (χ2n) is 8.37. The van der Waals surface area contributed by atoms with Crippen molar-refractivity contribution in [2.24, 2.45) is 11.8 Å². The summed E-state index contributed by atoms with van der Waals surface area (Å²) >= 11 is 0. The molecule has 1 aliphatic carbocycles. The van der Waals surface area contributed by atoms with Crippen LogP contribution in [0.15, 0.2) is 6.33 Å². The first-order valence-electron chi connectivity index (χ1n) is 9.94. The summed E-state index contributed by atoms with van der Waals surface area (Å²) in [6, 6.07) is 0. The quantitative estimate of drug-likeness (QED) is 0.871. The molecule has 1 aromatic heterocycles. The van der Waals surface area contributed by atoms with Crippen LogP contribution in [0.4, 0.5) is 13.2 Å². The number of hydrogen-bond acceptors (Lipinski definition) is 3. The molecule has 0 bridgehead atoms. The number of nitrogens with one attached hydrogen (secondary N) is 1. The molecule has 1 saturated heterocycles. The maximum atomic E-state index is 13.1. The fourth-order valence-electron chi connectivity index (χ4n) is 4.78. The molecule has 1 aromatic rings. The highest BCUT2D eigenvalue weighted by molar-refractivity contribution is 5.81. The van der Waals surface area contributed by atoms with Crippen LogP contribution < -0.4 is 0 Å². The Morgan fingerprint density at radius 3 is 2.63 bits per heavy atom. The molecule has 5 nitrogen and oxygen atoms in total. The maximum Gasteiger partial charge on any atom is 0.392 e. The molecule has 1 saturated carbocycles. The Hall–Kier alpha value is -1.57. The van der Waals surface area contributed by atoms with E-state index in [0.29, 0.717) is 32.5 Å². The van der Waals surface area contributed by atoms with Crippen LogP contribution in [0.1, 0.15) is 50.4 Å². The van der Waals surface area contributed by atoms with Crippen molar-refractivity contribution in [1.29, 1.82) is 0 Å². The van der Waals surface area contributed by atoms with E-state index in [1.165, 1.54) is 6.92 Å². The number of aromatic amines is 1. The van der Waals surface area contributed by atoms with E-state index in [4.69, 9.17) is 0 Å². The molecule has 27 heavy (non-hydrogen) atoms. The van der Waals surface area contributed by atoms with Crippen molar-refractivity contribution in [2.45, 2.75) is 57.2 Å². The van der Waals surface area contributed by atoms with Crippen LogP contribution >= 0.6 is 0 Å². The number of piperidine rings is 1. The summed E-state index contributed by atoms with van der Waals surface area (Å²) in [5.41, 5.74) is 1.55. The van der Waals surface area contributed by atoms with Gasteiger partial charge in [0.1, 0.15) is 0 Å². The van der Waals surface area contributed by atoms with Gasteiger partial charge in [-0.3, -0.25) is 4.79 Å². The summed E-state index contributed by atoms with van der Waals surface area (Å²) in [6.07, 6.45) is 2.59. The van der Waals surface area contributed by atoms with E-state index in [9.17, 15) is 18.0 Å². The second kappa shape index (κ2) is 6.79. The van der Waals surface area contributed by atoms with Gasteiger partial charge in [0.15, 0.2) is 0 Å². The first-order valence-corrected chi connectivity index (χ1v) is 9.94. The molecule has 4 rings (SSSR count). The number of likely N-dealkylation sites (tertiary alicyclic amines) is 1. The molecule has 8 heteroatoms. The fourth-order valence-corrected chi connectivity index (χ4v) is 4.78. The Bertz CT molecular complexity index is 689. The molecule has 1 N–H and O–H groups in total. The Balaban J connectivity index is 1.53. The van der Waals surface area contributed by atoms with Gasteiger partial charge in [0.2, 0.25) is 5.91 Å². The molecule has 0 aromatic carbocycles. The Morgan fingerprint density at radius 2 is 2.04 bits per heavy atom. The third kappa shape index (κ3) is 3.26. The molecule has 1 atom stereocenters. The third-order valence-electron chi connectivity index (χ3n) is 6.76. The molecule has 1 spiro atoms.